The molecule has 0 bridgehead atoms. The number of pyridine rings is 1. The van der Waals surface area contributed by atoms with Gasteiger partial charge in [-0.15, -0.1) is 0 Å². The molecule has 0 aliphatic carbocycles. The van der Waals surface area contributed by atoms with Crippen LogP contribution < -0.4 is 4.90 Å². The van der Waals surface area contributed by atoms with Gasteiger partial charge in [0, 0.05) is 29.5 Å². The average Bonchev–Trinajstić information content (AvgIpc) is 2.94. The zero-order valence-electron chi connectivity index (χ0n) is 13.2. The molecule has 2 heterocycles. The van der Waals surface area contributed by atoms with Crippen molar-refractivity contribution in [1.29, 1.82) is 0 Å². The largest absolute Gasteiger partial charge is 0.307 e. The van der Waals surface area contributed by atoms with Crippen LogP contribution >= 0.6 is 11.6 Å². The molecule has 0 spiro atoms. The molecule has 2 aromatic heterocycles. The summed E-state index contributed by atoms with van der Waals surface area (Å²) in [6, 6.07) is 13.2. The van der Waals surface area contributed by atoms with Crippen LogP contribution in [0.25, 0.3) is 5.65 Å². The zero-order valence-corrected chi connectivity index (χ0v) is 13.9. The Morgan fingerprint density at radius 2 is 1.96 bits per heavy atom. The van der Waals surface area contributed by atoms with Gasteiger partial charge in [-0.1, -0.05) is 36.7 Å². The number of carbonyl (C=O) groups is 1. The third-order valence-corrected chi connectivity index (χ3v) is 4.06. The molecule has 3 rings (SSSR count). The third-order valence-electron chi connectivity index (χ3n) is 3.83. The predicted molar refractivity (Wildman–Crippen MR) is 93.4 cm³/mol. The molecule has 1 aromatic carbocycles. The standard InChI is InChI=1S/C18H18ClN3O/c1-3-15-17(22-11-10-13(19)12-16(22)20-15)18(23)21(4-2)14-8-6-5-7-9-14/h5-12H,3-4H2,1-2H3. The van der Waals surface area contributed by atoms with Crippen molar-refractivity contribution in [2.75, 3.05) is 11.4 Å². The second-order valence-electron chi connectivity index (χ2n) is 5.22. The minimum atomic E-state index is -0.0506. The first-order valence-electron chi connectivity index (χ1n) is 7.69. The van der Waals surface area contributed by atoms with Crippen LogP contribution in [0, 0.1) is 0 Å². The Morgan fingerprint density at radius 1 is 1.22 bits per heavy atom. The minimum absolute atomic E-state index is 0.0506. The Kier molecular flexibility index (Phi) is 4.35. The van der Waals surface area contributed by atoms with Crippen molar-refractivity contribution in [2.45, 2.75) is 20.3 Å². The second kappa shape index (κ2) is 6.42. The van der Waals surface area contributed by atoms with Gasteiger partial charge in [0.05, 0.1) is 5.69 Å². The van der Waals surface area contributed by atoms with Crippen molar-refractivity contribution < 1.29 is 4.79 Å². The smallest absolute Gasteiger partial charge is 0.277 e. The fourth-order valence-electron chi connectivity index (χ4n) is 2.72. The van der Waals surface area contributed by atoms with Crippen molar-refractivity contribution in [2.24, 2.45) is 0 Å². The number of anilines is 1. The first-order valence-corrected chi connectivity index (χ1v) is 8.06. The van der Waals surface area contributed by atoms with Crippen LogP contribution in [0.5, 0.6) is 0 Å². The predicted octanol–water partition coefficient (Wildman–Crippen LogP) is 4.22. The van der Waals surface area contributed by atoms with Gasteiger partial charge in [-0.05, 0) is 31.5 Å². The molecule has 0 N–H and O–H groups in total. The van der Waals surface area contributed by atoms with Crippen LogP contribution in [0.3, 0.4) is 0 Å². The van der Waals surface area contributed by atoms with Crippen molar-refractivity contribution >= 4 is 28.8 Å². The van der Waals surface area contributed by atoms with Crippen molar-refractivity contribution in [3.63, 3.8) is 0 Å². The molecule has 3 aromatic rings. The number of amides is 1. The summed E-state index contributed by atoms with van der Waals surface area (Å²) in [4.78, 5) is 19.5. The van der Waals surface area contributed by atoms with E-state index in [2.05, 4.69) is 4.98 Å². The van der Waals surface area contributed by atoms with Crippen LogP contribution in [-0.2, 0) is 6.42 Å². The molecule has 5 heteroatoms. The third kappa shape index (κ3) is 2.82. The first-order chi connectivity index (χ1) is 11.2. The molecular weight excluding hydrogens is 310 g/mol. The SMILES string of the molecule is CCc1nc2cc(Cl)ccn2c1C(=O)N(CC)c1ccccc1. The Balaban J connectivity index is 2.13. The summed E-state index contributed by atoms with van der Waals surface area (Å²) >= 11 is 6.04. The molecule has 0 atom stereocenters. The Labute approximate surface area is 140 Å². The highest BCUT2D eigenvalue weighted by Gasteiger charge is 2.23. The highest BCUT2D eigenvalue weighted by Crippen LogP contribution is 2.22. The van der Waals surface area contributed by atoms with Gasteiger partial charge in [-0.25, -0.2) is 4.98 Å². The van der Waals surface area contributed by atoms with Crippen molar-refractivity contribution in [1.82, 2.24) is 9.38 Å². The molecule has 23 heavy (non-hydrogen) atoms. The molecule has 0 saturated carbocycles. The number of nitrogens with zero attached hydrogens (tertiary/aromatic N) is 3. The van der Waals surface area contributed by atoms with E-state index < -0.39 is 0 Å². The number of hydrogen-bond donors (Lipinski definition) is 0. The van der Waals surface area contributed by atoms with E-state index in [1.807, 2.05) is 48.6 Å². The molecule has 0 unspecified atom stereocenters. The van der Waals surface area contributed by atoms with Gasteiger partial charge in [0.25, 0.3) is 5.91 Å². The van der Waals surface area contributed by atoms with Gasteiger partial charge in [-0.2, -0.15) is 0 Å². The summed E-state index contributed by atoms with van der Waals surface area (Å²) in [5.74, 6) is -0.0506. The molecule has 0 aliphatic rings. The Bertz CT molecular complexity index is 842. The summed E-state index contributed by atoms with van der Waals surface area (Å²) in [5, 5.41) is 0.611. The lowest BCUT2D eigenvalue weighted by Gasteiger charge is -2.21. The number of hydrogen-bond acceptors (Lipinski definition) is 2. The summed E-state index contributed by atoms with van der Waals surface area (Å²) < 4.78 is 1.82. The van der Waals surface area contributed by atoms with Gasteiger partial charge in [0.1, 0.15) is 11.3 Å². The monoisotopic (exact) mass is 327 g/mol. The number of para-hydroxylation sites is 1. The fraction of sp³-hybridized carbons (Fsp3) is 0.222. The van der Waals surface area contributed by atoms with Gasteiger partial charge in [-0.3, -0.25) is 9.20 Å². The number of rotatable bonds is 4. The van der Waals surface area contributed by atoms with E-state index >= 15 is 0 Å². The molecule has 1 amide bonds. The lowest BCUT2D eigenvalue weighted by Crippen LogP contribution is -2.32. The van der Waals surface area contributed by atoms with Crippen molar-refractivity contribution in [3.05, 3.63) is 65.1 Å². The van der Waals surface area contributed by atoms with Gasteiger partial charge in [0.2, 0.25) is 0 Å². The molecule has 0 aliphatic heterocycles. The number of imidazole rings is 1. The number of halogens is 1. The second-order valence-corrected chi connectivity index (χ2v) is 5.66. The van der Waals surface area contributed by atoms with E-state index in [4.69, 9.17) is 11.6 Å². The summed E-state index contributed by atoms with van der Waals surface area (Å²) in [5.41, 5.74) is 2.96. The lowest BCUT2D eigenvalue weighted by molar-refractivity contribution is 0.0981. The number of aryl methyl sites for hydroxylation is 1. The summed E-state index contributed by atoms with van der Waals surface area (Å²) in [6.45, 7) is 4.56. The van der Waals surface area contributed by atoms with E-state index in [1.54, 1.807) is 23.2 Å². The van der Waals surface area contributed by atoms with Crippen molar-refractivity contribution in [3.8, 4) is 0 Å². The number of fused-ring (bicyclic) bond motifs is 1. The van der Waals surface area contributed by atoms with Crippen LogP contribution in [0.1, 0.15) is 30.0 Å². The quantitative estimate of drug-likeness (QED) is 0.719. The topological polar surface area (TPSA) is 37.6 Å². The summed E-state index contributed by atoms with van der Waals surface area (Å²) in [6.07, 6.45) is 2.49. The first kappa shape index (κ1) is 15.6. The van der Waals surface area contributed by atoms with Crippen LogP contribution in [0.4, 0.5) is 5.69 Å². The number of carbonyl (C=O) groups excluding carboxylic acids is 1. The molecule has 4 nitrogen and oxygen atoms in total. The van der Waals surface area contributed by atoms with E-state index in [1.165, 1.54) is 0 Å². The van der Waals surface area contributed by atoms with Crippen LogP contribution in [-0.4, -0.2) is 21.8 Å². The summed E-state index contributed by atoms with van der Waals surface area (Å²) in [7, 11) is 0. The normalized spacial score (nSPS) is 10.9. The average molecular weight is 328 g/mol. The highest BCUT2D eigenvalue weighted by atomic mass is 35.5. The van der Waals surface area contributed by atoms with E-state index in [-0.39, 0.29) is 5.91 Å². The van der Waals surface area contributed by atoms with Gasteiger partial charge in [0.15, 0.2) is 0 Å². The lowest BCUT2D eigenvalue weighted by atomic mass is 10.2. The van der Waals surface area contributed by atoms with Crippen LogP contribution in [0.15, 0.2) is 48.7 Å². The van der Waals surface area contributed by atoms with Gasteiger partial charge < -0.3 is 4.90 Å². The number of benzene rings is 1. The molecule has 0 fully saturated rings. The number of aromatic nitrogens is 2. The molecule has 118 valence electrons. The molecular formula is C18H18ClN3O. The van der Waals surface area contributed by atoms with E-state index in [0.29, 0.717) is 29.3 Å². The van der Waals surface area contributed by atoms with Crippen LogP contribution in [0.2, 0.25) is 5.02 Å². The van der Waals surface area contributed by atoms with Gasteiger partial charge >= 0.3 is 0 Å². The maximum atomic E-state index is 13.1. The maximum absolute atomic E-state index is 13.1. The molecule has 0 radical (unpaired) electrons. The maximum Gasteiger partial charge on any atom is 0.277 e. The van der Waals surface area contributed by atoms with E-state index in [9.17, 15) is 4.79 Å². The highest BCUT2D eigenvalue weighted by molar-refractivity contribution is 6.30. The molecule has 0 saturated heterocycles. The fourth-order valence-corrected chi connectivity index (χ4v) is 2.87. The minimum Gasteiger partial charge on any atom is -0.307 e. The Hall–Kier alpha value is -2.33. The zero-order chi connectivity index (χ0) is 16.4. The van der Waals surface area contributed by atoms with E-state index in [0.717, 1.165) is 11.4 Å². The Morgan fingerprint density at radius 3 is 2.61 bits per heavy atom.